The Hall–Kier alpha value is -0.580. The summed E-state index contributed by atoms with van der Waals surface area (Å²) in [5.41, 5.74) is 0.582. The summed E-state index contributed by atoms with van der Waals surface area (Å²) in [7, 11) is 0. The van der Waals surface area contributed by atoms with Crippen molar-refractivity contribution in [2.45, 2.75) is 39.8 Å². The third-order valence-corrected chi connectivity index (χ3v) is 5.36. The largest absolute Gasteiger partial charge is 0.491 e. The van der Waals surface area contributed by atoms with Crippen molar-refractivity contribution in [3.63, 3.8) is 0 Å². The highest BCUT2D eigenvalue weighted by molar-refractivity contribution is 9.10. The summed E-state index contributed by atoms with van der Waals surface area (Å²) < 4.78 is 6.59. The molecule has 0 aromatic heterocycles. The van der Waals surface area contributed by atoms with Gasteiger partial charge in [0.05, 0.1) is 0 Å². The van der Waals surface area contributed by atoms with Crippen LogP contribution in [-0.2, 0) is 0 Å². The van der Waals surface area contributed by atoms with Crippen LogP contribution in [-0.4, -0.2) is 30.4 Å². The number of hydrogen-bond donors (Lipinski definition) is 2. The molecule has 0 radical (unpaired) electrons. The van der Waals surface area contributed by atoms with Crippen LogP contribution < -0.4 is 10.1 Å². The molecule has 0 heterocycles. The normalized spacial score (nSPS) is 21.5. The molecule has 3 nitrogen and oxygen atoms in total. The van der Waals surface area contributed by atoms with E-state index >= 15 is 0 Å². The van der Waals surface area contributed by atoms with E-state index in [0.717, 1.165) is 10.2 Å². The summed E-state index contributed by atoms with van der Waals surface area (Å²) >= 11 is 3.38. The first-order valence-corrected chi connectivity index (χ1v) is 7.84. The predicted octanol–water partition coefficient (Wildman–Crippen LogP) is 3.21. The SMILES string of the molecule is CC1(C)C(NCC(O)COc2ccc(Br)cc2)C1(C)C. The van der Waals surface area contributed by atoms with Gasteiger partial charge in [0, 0.05) is 17.1 Å². The Labute approximate surface area is 129 Å². The number of nitrogens with one attached hydrogen (secondary N) is 1. The van der Waals surface area contributed by atoms with Gasteiger partial charge >= 0.3 is 0 Å². The Bertz CT molecular complexity index is 442. The summed E-state index contributed by atoms with van der Waals surface area (Å²) in [5.74, 6) is 0.777. The molecular formula is C16H24BrNO2. The topological polar surface area (TPSA) is 41.5 Å². The lowest BCUT2D eigenvalue weighted by molar-refractivity contribution is 0.105. The molecule has 1 aliphatic carbocycles. The molecule has 1 saturated carbocycles. The fourth-order valence-corrected chi connectivity index (χ4v) is 3.01. The quantitative estimate of drug-likeness (QED) is 0.834. The molecule has 1 atom stereocenters. The minimum absolute atomic E-state index is 0.291. The third-order valence-electron chi connectivity index (χ3n) is 4.83. The van der Waals surface area contributed by atoms with E-state index in [1.165, 1.54) is 0 Å². The molecule has 0 aliphatic heterocycles. The van der Waals surface area contributed by atoms with Gasteiger partial charge in [-0.15, -0.1) is 0 Å². The van der Waals surface area contributed by atoms with E-state index < -0.39 is 6.10 Å². The molecule has 1 aromatic carbocycles. The molecule has 1 aromatic rings. The molecule has 1 aliphatic rings. The summed E-state index contributed by atoms with van der Waals surface area (Å²) in [6, 6.07) is 8.08. The molecule has 0 amide bonds. The van der Waals surface area contributed by atoms with Gasteiger partial charge in [-0.2, -0.15) is 0 Å². The molecule has 4 heteroatoms. The molecule has 0 bridgehead atoms. The second kappa shape index (κ2) is 5.66. The van der Waals surface area contributed by atoms with E-state index in [1.54, 1.807) is 0 Å². The highest BCUT2D eigenvalue weighted by Gasteiger charge is 2.64. The summed E-state index contributed by atoms with van der Waals surface area (Å²) in [5, 5.41) is 13.4. The van der Waals surface area contributed by atoms with Crippen LogP contribution in [0.25, 0.3) is 0 Å². The van der Waals surface area contributed by atoms with Crippen molar-refractivity contribution < 1.29 is 9.84 Å². The second-order valence-corrected chi connectivity index (χ2v) is 7.62. The Kier molecular flexibility index (Phi) is 4.47. The first kappa shape index (κ1) is 15.8. The first-order valence-electron chi connectivity index (χ1n) is 7.05. The van der Waals surface area contributed by atoms with Gasteiger partial charge in [0.1, 0.15) is 18.5 Å². The Morgan fingerprint density at radius 3 is 2.25 bits per heavy atom. The Morgan fingerprint density at radius 1 is 1.20 bits per heavy atom. The fourth-order valence-electron chi connectivity index (χ4n) is 2.74. The smallest absolute Gasteiger partial charge is 0.119 e. The predicted molar refractivity (Wildman–Crippen MR) is 85.0 cm³/mol. The van der Waals surface area contributed by atoms with Crippen LogP contribution in [0.3, 0.4) is 0 Å². The molecule has 1 unspecified atom stereocenters. The number of aliphatic hydroxyl groups is 1. The number of aliphatic hydroxyl groups excluding tert-OH is 1. The minimum atomic E-state index is -0.495. The van der Waals surface area contributed by atoms with E-state index in [-0.39, 0.29) is 0 Å². The van der Waals surface area contributed by atoms with Crippen molar-refractivity contribution in [3.05, 3.63) is 28.7 Å². The van der Waals surface area contributed by atoms with Crippen LogP contribution in [0.15, 0.2) is 28.7 Å². The third kappa shape index (κ3) is 3.18. The highest BCUT2D eigenvalue weighted by atomic mass is 79.9. The lowest BCUT2D eigenvalue weighted by Gasteiger charge is -2.14. The second-order valence-electron chi connectivity index (χ2n) is 6.70. The van der Waals surface area contributed by atoms with Crippen LogP contribution >= 0.6 is 15.9 Å². The van der Waals surface area contributed by atoms with Crippen molar-refractivity contribution in [3.8, 4) is 5.75 Å². The van der Waals surface area contributed by atoms with Gasteiger partial charge in [0.25, 0.3) is 0 Å². The van der Waals surface area contributed by atoms with Gasteiger partial charge in [-0.05, 0) is 35.1 Å². The zero-order chi connectivity index (χ0) is 15.0. The monoisotopic (exact) mass is 341 g/mol. The average Bonchev–Trinajstić information content (AvgIpc) is 2.76. The van der Waals surface area contributed by atoms with Crippen molar-refractivity contribution in [2.24, 2.45) is 10.8 Å². The number of benzene rings is 1. The maximum atomic E-state index is 9.99. The zero-order valence-corrected chi connectivity index (χ0v) is 14.2. The van der Waals surface area contributed by atoms with Crippen molar-refractivity contribution in [1.29, 1.82) is 0 Å². The Balaban J connectivity index is 1.71. The van der Waals surface area contributed by atoms with Gasteiger partial charge in [-0.3, -0.25) is 0 Å². The summed E-state index contributed by atoms with van der Waals surface area (Å²) in [6.07, 6.45) is -0.495. The van der Waals surface area contributed by atoms with Crippen molar-refractivity contribution in [1.82, 2.24) is 5.32 Å². The van der Waals surface area contributed by atoms with Gasteiger partial charge in [0.15, 0.2) is 0 Å². The molecular weight excluding hydrogens is 318 g/mol. The first-order chi connectivity index (χ1) is 9.25. The van der Waals surface area contributed by atoms with Crippen LogP contribution in [0.5, 0.6) is 5.75 Å². The summed E-state index contributed by atoms with van der Waals surface area (Å²) in [4.78, 5) is 0. The van der Waals surface area contributed by atoms with Gasteiger partial charge in [0.2, 0.25) is 0 Å². The fraction of sp³-hybridized carbons (Fsp3) is 0.625. The number of halogens is 1. The lowest BCUT2D eigenvalue weighted by atomic mass is 10.0. The average molecular weight is 342 g/mol. The van der Waals surface area contributed by atoms with Crippen LogP contribution in [0.2, 0.25) is 0 Å². The minimum Gasteiger partial charge on any atom is -0.491 e. The number of ether oxygens (including phenoxy) is 1. The van der Waals surface area contributed by atoms with Crippen LogP contribution in [0.4, 0.5) is 0 Å². The molecule has 20 heavy (non-hydrogen) atoms. The standard InChI is InChI=1S/C16H24BrNO2/c1-15(2)14(16(15,3)4)18-9-12(19)10-20-13-7-5-11(17)6-8-13/h5-8,12,14,18-19H,9-10H2,1-4H3. The van der Waals surface area contributed by atoms with Crippen LogP contribution in [0, 0.1) is 10.8 Å². The number of hydrogen-bond acceptors (Lipinski definition) is 3. The molecule has 0 saturated heterocycles. The van der Waals surface area contributed by atoms with Gasteiger partial charge < -0.3 is 15.2 Å². The van der Waals surface area contributed by atoms with E-state index in [9.17, 15) is 5.11 Å². The van der Waals surface area contributed by atoms with Crippen molar-refractivity contribution >= 4 is 15.9 Å². The molecule has 112 valence electrons. The lowest BCUT2D eigenvalue weighted by Crippen LogP contribution is -2.34. The van der Waals surface area contributed by atoms with Gasteiger partial charge in [-0.1, -0.05) is 43.6 Å². The molecule has 0 spiro atoms. The van der Waals surface area contributed by atoms with E-state index in [2.05, 4.69) is 48.9 Å². The summed E-state index contributed by atoms with van der Waals surface area (Å²) in [6.45, 7) is 9.91. The Morgan fingerprint density at radius 2 is 1.75 bits per heavy atom. The van der Waals surface area contributed by atoms with E-state index in [1.807, 2.05) is 24.3 Å². The zero-order valence-electron chi connectivity index (χ0n) is 12.6. The van der Waals surface area contributed by atoms with E-state index in [4.69, 9.17) is 4.74 Å². The van der Waals surface area contributed by atoms with Gasteiger partial charge in [-0.25, -0.2) is 0 Å². The molecule has 2 rings (SSSR count). The maximum absolute atomic E-state index is 9.99. The molecule has 1 fully saturated rings. The number of rotatable bonds is 6. The van der Waals surface area contributed by atoms with E-state index in [0.29, 0.717) is 30.0 Å². The highest BCUT2D eigenvalue weighted by Crippen LogP contribution is 2.62. The molecule has 2 N–H and O–H groups in total. The van der Waals surface area contributed by atoms with Crippen molar-refractivity contribution in [2.75, 3.05) is 13.2 Å². The maximum Gasteiger partial charge on any atom is 0.119 e. The van der Waals surface area contributed by atoms with Crippen LogP contribution in [0.1, 0.15) is 27.7 Å².